The summed E-state index contributed by atoms with van der Waals surface area (Å²) in [5.41, 5.74) is 1.82. The van der Waals surface area contributed by atoms with Crippen molar-refractivity contribution in [2.45, 2.75) is 26.3 Å². The van der Waals surface area contributed by atoms with Gasteiger partial charge in [0.1, 0.15) is 6.54 Å². The SMILES string of the molecule is CCNC(=O)CNC(=O)CN1C(=O)N[C@@](c2ccccc2)(c2ccc(C)c(C)c2)C1=O. The lowest BCUT2D eigenvalue weighted by Gasteiger charge is -2.28. The Bertz CT molecular complexity index is 1020. The van der Waals surface area contributed by atoms with Crippen LogP contribution in [-0.2, 0) is 19.9 Å². The minimum atomic E-state index is -1.43. The van der Waals surface area contributed by atoms with Crippen LogP contribution >= 0.6 is 0 Å². The van der Waals surface area contributed by atoms with Gasteiger partial charge in [-0.15, -0.1) is 0 Å². The molecule has 0 unspecified atom stereocenters. The van der Waals surface area contributed by atoms with Crippen LogP contribution in [0.3, 0.4) is 0 Å². The number of nitrogens with zero attached hydrogens (tertiary/aromatic N) is 1. The predicted octanol–water partition coefficient (Wildman–Crippen LogP) is 1.35. The van der Waals surface area contributed by atoms with Gasteiger partial charge in [0.25, 0.3) is 5.91 Å². The number of benzene rings is 2. The molecule has 0 aliphatic carbocycles. The largest absolute Gasteiger partial charge is 0.355 e. The number of imide groups is 1. The van der Waals surface area contributed by atoms with Crippen LogP contribution in [0.5, 0.6) is 0 Å². The maximum atomic E-state index is 13.6. The molecule has 3 N–H and O–H groups in total. The highest BCUT2D eigenvalue weighted by molar-refractivity contribution is 6.11. The van der Waals surface area contributed by atoms with E-state index < -0.39 is 29.9 Å². The van der Waals surface area contributed by atoms with Gasteiger partial charge in [-0.25, -0.2) is 4.79 Å². The van der Waals surface area contributed by atoms with Crippen molar-refractivity contribution in [3.05, 3.63) is 70.8 Å². The number of carbonyl (C=O) groups is 4. The Kier molecular flexibility index (Phi) is 6.39. The summed E-state index contributed by atoms with van der Waals surface area (Å²) in [6.45, 7) is 5.40. The standard InChI is InChI=1S/C23H26N4O4/c1-4-24-19(28)13-25-20(29)14-27-21(30)23(26-22(27)31,17-8-6-5-7-9-17)18-11-10-15(2)16(3)12-18/h5-12H,4,13-14H2,1-3H3,(H,24,28)(H,25,29)(H,26,31)/t23-/m0/s1. The molecule has 8 heteroatoms. The number of carbonyl (C=O) groups excluding carboxylic acids is 4. The van der Waals surface area contributed by atoms with Crippen molar-refractivity contribution in [3.63, 3.8) is 0 Å². The van der Waals surface area contributed by atoms with Crippen LogP contribution in [-0.4, -0.2) is 48.3 Å². The normalized spacial score (nSPS) is 18.0. The lowest BCUT2D eigenvalue weighted by atomic mass is 9.81. The van der Waals surface area contributed by atoms with Gasteiger partial charge in [0, 0.05) is 6.54 Å². The zero-order chi connectivity index (χ0) is 22.6. The smallest absolute Gasteiger partial charge is 0.326 e. The van der Waals surface area contributed by atoms with E-state index in [1.807, 2.05) is 38.1 Å². The number of urea groups is 1. The molecular weight excluding hydrogens is 396 g/mol. The molecule has 1 heterocycles. The van der Waals surface area contributed by atoms with Crippen LogP contribution in [0.25, 0.3) is 0 Å². The maximum Gasteiger partial charge on any atom is 0.326 e. The molecule has 0 bridgehead atoms. The Hall–Kier alpha value is -3.68. The first kappa shape index (κ1) is 22.0. The molecule has 0 saturated carbocycles. The van der Waals surface area contributed by atoms with Crippen LogP contribution < -0.4 is 16.0 Å². The van der Waals surface area contributed by atoms with Gasteiger partial charge in [0.05, 0.1) is 6.54 Å². The second-order valence-electron chi connectivity index (χ2n) is 7.47. The molecule has 2 aromatic rings. The molecule has 8 nitrogen and oxygen atoms in total. The molecule has 162 valence electrons. The first-order chi connectivity index (χ1) is 14.8. The number of likely N-dealkylation sites (N-methyl/N-ethyl adjacent to an activating group) is 1. The summed E-state index contributed by atoms with van der Waals surface area (Å²) in [6, 6.07) is 13.9. The summed E-state index contributed by atoms with van der Waals surface area (Å²) < 4.78 is 0. The van der Waals surface area contributed by atoms with Gasteiger partial charge in [0.15, 0.2) is 5.54 Å². The van der Waals surface area contributed by atoms with Crippen molar-refractivity contribution in [1.29, 1.82) is 0 Å². The van der Waals surface area contributed by atoms with Crippen LogP contribution in [0.2, 0.25) is 0 Å². The Morgan fingerprint density at radius 3 is 2.29 bits per heavy atom. The van der Waals surface area contributed by atoms with Crippen LogP contribution in [0, 0.1) is 13.8 Å². The van der Waals surface area contributed by atoms with Crippen molar-refractivity contribution in [2.75, 3.05) is 19.6 Å². The molecule has 0 spiro atoms. The van der Waals surface area contributed by atoms with Crippen LogP contribution in [0.1, 0.15) is 29.2 Å². The molecule has 1 aliphatic rings. The molecule has 3 rings (SSSR count). The van der Waals surface area contributed by atoms with Gasteiger partial charge < -0.3 is 16.0 Å². The second kappa shape index (κ2) is 8.99. The van der Waals surface area contributed by atoms with Gasteiger partial charge in [-0.3, -0.25) is 19.3 Å². The Labute approximate surface area is 181 Å². The highest BCUT2D eigenvalue weighted by Gasteiger charge is 2.54. The first-order valence-electron chi connectivity index (χ1n) is 10.1. The highest BCUT2D eigenvalue weighted by atomic mass is 16.2. The fraction of sp³-hybridized carbons (Fsp3) is 0.304. The van der Waals surface area contributed by atoms with Crippen molar-refractivity contribution in [2.24, 2.45) is 0 Å². The van der Waals surface area contributed by atoms with E-state index in [2.05, 4.69) is 16.0 Å². The number of hydrogen-bond donors (Lipinski definition) is 3. The maximum absolute atomic E-state index is 13.6. The van der Waals surface area contributed by atoms with Crippen molar-refractivity contribution < 1.29 is 19.2 Å². The van der Waals surface area contributed by atoms with E-state index in [9.17, 15) is 19.2 Å². The number of amides is 5. The lowest BCUT2D eigenvalue weighted by molar-refractivity contribution is -0.134. The highest BCUT2D eigenvalue weighted by Crippen LogP contribution is 2.36. The molecule has 1 aliphatic heterocycles. The minimum Gasteiger partial charge on any atom is -0.355 e. The summed E-state index contributed by atoms with van der Waals surface area (Å²) >= 11 is 0. The molecule has 31 heavy (non-hydrogen) atoms. The summed E-state index contributed by atoms with van der Waals surface area (Å²) in [6.07, 6.45) is 0. The van der Waals surface area contributed by atoms with Gasteiger partial charge in [0.2, 0.25) is 11.8 Å². The Balaban J connectivity index is 1.92. The zero-order valence-corrected chi connectivity index (χ0v) is 17.8. The van der Waals surface area contributed by atoms with E-state index in [0.29, 0.717) is 17.7 Å². The Morgan fingerprint density at radius 1 is 0.935 bits per heavy atom. The molecule has 2 aromatic carbocycles. The topological polar surface area (TPSA) is 108 Å². The predicted molar refractivity (Wildman–Crippen MR) is 115 cm³/mol. The molecule has 1 fully saturated rings. The quantitative estimate of drug-likeness (QED) is 0.586. The third kappa shape index (κ3) is 4.28. The van der Waals surface area contributed by atoms with Crippen molar-refractivity contribution in [1.82, 2.24) is 20.9 Å². The third-order valence-corrected chi connectivity index (χ3v) is 5.37. The van der Waals surface area contributed by atoms with Crippen molar-refractivity contribution in [3.8, 4) is 0 Å². The second-order valence-corrected chi connectivity index (χ2v) is 7.47. The number of nitrogens with one attached hydrogen (secondary N) is 3. The fourth-order valence-electron chi connectivity index (χ4n) is 3.58. The number of aryl methyl sites for hydroxylation is 2. The Morgan fingerprint density at radius 2 is 1.65 bits per heavy atom. The van der Waals surface area contributed by atoms with E-state index >= 15 is 0 Å². The van der Waals surface area contributed by atoms with Gasteiger partial charge in [-0.05, 0) is 43.0 Å². The number of hydrogen-bond acceptors (Lipinski definition) is 4. The summed E-state index contributed by atoms with van der Waals surface area (Å²) in [5.74, 6) is -1.49. The molecular formula is C23H26N4O4. The van der Waals surface area contributed by atoms with Crippen LogP contribution in [0.4, 0.5) is 4.79 Å². The summed E-state index contributed by atoms with van der Waals surface area (Å²) in [5, 5.41) is 7.81. The minimum absolute atomic E-state index is 0.225. The first-order valence-corrected chi connectivity index (χ1v) is 10.1. The van der Waals surface area contributed by atoms with E-state index in [1.54, 1.807) is 31.2 Å². The van der Waals surface area contributed by atoms with E-state index in [1.165, 1.54) is 0 Å². The monoisotopic (exact) mass is 422 g/mol. The van der Waals surface area contributed by atoms with Crippen molar-refractivity contribution >= 4 is 23.8 Å². The molecule has 1 atom stereocenters. The number of rotatable bonds is 7. The average molecular weight is 422 g/mol. The van der Waals surface area contributed by atoms with E-state index in [0.717, 1.165) is 16.0 Å². The molecule has 1 saturated heterocycles. The molecule has 5 amide bonds. The van der Waals surface area contributed by atoms with Gasteiger partial charge >= 0.3 is 6.03 Å². The molecule has 0 aromatic heterocycles. The molecule has 0 radical (unpaired) electrons. The lowest BCUT2D eigenvalue weighted by Crippen LogP contribution is -2.47. The van der Waals surface area contributed by atoms with E-state index in [-0.39, 0.29) is 12.5 Å². The van der Waals surface area contributed by atoms with Crippen LogP contribution in [0.15, 0.2) is 48.5 Å². The summed E-state index contributed by atoms with van der Waals surface area (Å²) in [4.78, 5) is 51.2. The van der Waals surface area contributed by atoms with Gasteiger partial charge in [-0.2, -0.15) is 0 Å². The summed E-state index contributed by atoms with van der Waals surface area (Å²) in [7, 11) is 0. The zero-order valence-electron chi connectivity index (χ0n) is 17.8. The fourth-order valence-corrected chi connectivity index (χ4v) is 3.58. The van der Waals surface area contributed by atoms with E-state index in [4.69, 9.17) is 0 Å². The third-order valence-electron chi connectivity index (χ3n) is 5.37. The average Bonchev–Trinajstić information content (AvgIpc) is 3.00. The van der Waals surface area contributed by atoms with Gasteiger partial charge in [-0.1, -0.05) is 48.5 Å².